The summed E-state index contributed by atoms with van der Waals surface area (Å²) in [6.07, 6.45) is 0. The van der Waals surface area contributed by atoms with Crippen LogP contribution >= 0.6 is 0 Å². The van der Waals surface area contributed by atoms with Gasteiger partial charge in [0.25, 0.3) is 0 Å². The van der Waals surface area contributed by atoms with Gasteiger partial charge in [0.05, 0.1) is 13.2 Å². The van der Waals surface area contributed by atoms with Crippen LogP contribution in [-0.2, 0) is 18.0 Å². The minimum atomic E-state index is -0.145. The summed E-state index contributed by atoms with van der Waals surface area (Å²) in [6, 6.07) is 9.54. The third-order valence-corrected chi connectivity index (χ3v) is 2.83. The molecular weight excluding hydrogens is 232 g/mol. The van der Waals surface area contributed by atoms with Gasteiger partial charge in [-0.1, -0.05) is 24.3 Å². The minimum absolute atomic E-state index is 0.0817. The molecule has 0 bridgehead atoms. The van der Waals surface area contributed by atoms with Gasteiger partial charge in [0.1, 0.15) is 5.75 Å². The van der Waals surface area contributed by atoms with Crippen LogP contribution in [0.5, 0.6) is 5.75 Å². The van der Waals surface area contributed by atoms with Crippen molar-refractivity contribution in [1.82, 2.24) is 0 Å². The fourth-order valence-electron chi connectivity index (χ4n) is 2.04. The van der Waals surface area contributed by atoms with Crippen molar-refractivity contribution in [1.29, 1.82) is 0 Å². The van der Waals surface area contributed by atoms with E-state index in [1.54, 1.807) is 0 Å². The van der Waals surface area contributed by atoms with Crippen molar-refractivity contribution >= 4 is 10.8 Å². The molecule has 0 radical (unpaired) electrons. The lowest BCUT2D eigenvalue weighted by atomic mass is 10.00. The molecular formula is C14H16O4. The highest BCUT2D eigenvalue weighted by Crippen LogP contribution is 2.32. The molecule has 96 valence electrons. The first-order chi connectivity index (χ1) is 8.81. The van der Waals surface area contributed by atoms with Gasteiger partial charge in [-0.05, 0) is 16.8 Å². The smallest absolute Gasteiger partial charge is 0.188 e. The number of fused-ring (bicyclic) bond motifs is 1. The van der Waals surface area contributed by atoms with E-state index in [0.29, 0.717) is 16.9 Å². The lowest BCUT2D eigenvalue weighted by Gasteiger charge is -2.16. The maximum Gasteiger partial charge on any atom is 0.188 e. The number of hydrogen-bond donors (Lipinski definition) is 2. The Morgan fingerprint density at radius 2 is 1.89 bits per heavy atom. The Labute approximate surface area is 105 Å². The molecule has 2 N–H and O–H groups in total. The molecule has 2 aromatic carbocycles. The number of aliphatic hydroxyl groups excluding tert-OH is 2. The number of hydrogen-bond acceptors (Lipinski definition) is 4. The van der Waals surface area contributed by atoms with E-state index in [4.69, 9.17) is 9.47 Å². The summed E-state index contributed by atoms with van der Waals surface area (Å²) in [5.41, 5.74) is 1.32. The average Bonchev–Trinajstić information content (AvgIpc) is 2.43. The molecule has 0 saturated heterocycles. The van der Waals surface area contributed by atoms with Crippen LogP contribution in [0.1, 0.15) is 11.1 Å². The predicted octanol–water partition coefficient (Wildman–Crippen LogP) is 1.81. The molecule has 0 spiro atoms. The minimum Gasteiger partial charge on any atom is -0.467 e. The van der Waals surface area contributed by atoms with Crippen molar-refractivity contribution in [3.8, 4) is 5.75 Å². The van der Waals surface area contributed by atoms with E-state index >= 15 is 0 Å². The van der Waals surface area contributed by atoms with Gasteiger partial charge in [-0.15, -0.1) is 0 Å². The van der Waals surface area contributed by atoms with Gasteiger partial charge < -0.3 is 19.7 Å². The van der Waals surface area contributed by atoms with Gasteiger partial charge in [0, 0.05) is 18.2 Å². The molecule has 4 nitrogen and oxygen atoms in total. The van der Waals surface area contributed by atoms with Crippen molar-refractivity contribution in [3.63, 3.8) is 0 Å². The molecule has 0 unspecified atom stereocenters. The van der Waals surface area contributed by atoms with E-state index in [-0.39, 0.29) is 20.0 Å². The van der Waals surface area contributed by atoms with E-state index in [9.17, 15) is 10.2 Å². The van der Waals surface area contributed by atoms with Crippen LogP contribution in [0.25, 0.3) is 10.8 Å². The standard InChI is InChI=1S/C14H16O4/c1-17-9-18-14-11(7-15)6-10-4-2-3-5-12(10)13(14)8-16/h2-6,15-16H,7-9H2,1H3. The topological polar surface area (TPSA) is 58.9 Å². The van der Waals surface area contributed by atoms with E-state index < -0.39 is 0 Å². The summed E-state index contributed by atoms with van der Waals surface area (Å²) in [4.78, 5) is 0. The van der Waals surface area contributed by atoms with Crippen LogP contribution in [-0.4, -0.2) is 24.1 Å². The maximum absolute atomic E-state index is 9.53. The second-order valence-corrected chi connectivity index (χ2v) is 3.93. The van der Waals surface area contributed by atoms with Crippen LogP contribution < -0.4 is 4.74 Å². The second kappa shape index (κ2) is 5.82. The quantitative estimate of drug-likeness (QED) is 0.792. The molecule has 0 saturated carbocycles. The molecule has 0 fully saturated rings. The normalized spacial score (nSPS) is 10.8. The Morgan fingerprint density at radius 3 is 2.56 bits per heavy atom. The first-order valence-corrected chi connectivity index (χ1v) is 5.68. The molecule has 0 aliphatic carbocycles. The van der Waals surface area contributed by atoms with Crippen molar-refractivity contribution in [2.24, 2.45) is 0 Å². The fourth-order valence-corrected chi connectivity index (χ4v) is 2.04. The third-order valence-electron chi connectivity index (χ3n) is 2.83. The highest BCUT2D eigenvalue weighted by molar-refractivity contribution is 5.88. The summed E-state index contributed by atoms with van der Waals surface area (Å²) in [5, 5.41) is 20.8. The molecule has 2 rings (SSSR count). The maximum atomic E-state index is 9.53. The summed E-state index contributed by atoms with van der Waals surface area (Å²) < 4.78 is 10.3. The zero-order valence-electron chi connectivity index (χ0n) is 10.2. The zero-order valence-corrected chi connectivity index (χ0v) is 10.2. The second-order valence-electron chi connectivity index (χ2n) is 3.93. The van der Waals surface area contributed by atoms with Crippen molar-refractivity contribution < 1.29 is 19.7 Å². The summed E-state index contributed by atoms with van der Waals surface area (Å²) >= 11 is 0. The van der Waals surface area contributed by atoms with Gasteiger partial charge in [-0.2, -0.15) is 0 Å². The van der Waals surface area contributed by atoms with Crippen LogP contribution in [0, 0.1) is 0 Å². The van der Waals surface area contributed by atoms with E-state index in [0.717, 1.165) is 10.8 Å². The van der Waals surface area contributed by atoms with E-state index in [2.05, 4.69) is 0 Å². The number of benzene rings is 2. The van der Waals surface area contributed by atoms with Crippen LogP contribution in [0.4, 0.5) is 0 Å². The predicted molar refractivity (Wildman–Crippen MR) is 68.3 cm³/mol. The van der Waals surface area contributed by atoms with Crippen LogP contribution in [0.2, 0.25) is 0 Å². The average molecular weight is 248 g/mol. The number of ether oxygens (including phenoxy) is 2. The lowest BCUT2D eigenvalue weighted by molar-refractivity contribution is 0.0480. The van der Waals surface area contributed by atoms with Crippen molar-refractivity contribution in [3.05, 3.63) is 41.5 Å². The van der Waals surface area contributed by atoms with Gasteiger partial charge in [-0.3, -0.25) is 0 Å². The van der Waals surface area contributed by atoms with Crippen molar-refractivity contribution in [2.45, 2.75) is 13.2 Å². The Balaban J connectivity index is 2.63. The Morgan fingerprint density at radius 1 is 1.11 bits per heavy atom. The lowest BCUT2D eigenvalue weighted by Crippen LogP contribution is -2.05. The molecule has 18 heavy (non-hydrogen) atoms. The highest BCUT2D eigenvalue weighted by Gasteiger charge is 2.13. The van der Waals surface area contributed by atoms with Gasteiger partial charge in [0.2, 0.25) is 0 Å². The zero-order chi connectivity index (χ0) is 13.0. The SMILES string of the molecule is COCOc1c(CO)cc2ccccc2c1CO. The van der Waals surface area contributed by atoms with Crippen molar-refractivity contribution in [2.75, 3.05) is 13.9 Å². The molecule has 0 amide bonds. The molecule has 0 heterocycles. The highest BCUT2D eigenvalue weighted by atomic mass is 16.7. The number of methoxy groups -OCH3 is 1. The molecule has 0 atom stereocenters. The summed E-state index contributed by atoms with van der Waals surface area (Å²) in [6.45, 7) is -0.206. The Kier molecular flexibility index (Phi) is 4.15. The van der Waals surface area contributed by atoms with Gasteiger partial charge >= 0.3 is 0 Å². The first kappa shape index (κ1) is 12.8. The van der Waals surface area contributed by atoms with Gasteiger partial charge in [0.15, 0.2) is 6.79 Å². The molecule has 2 aromatic rings. The van der Waals surface area contributed by atoms with E-state index in [1.165, 1.54) is 7.11 Å². The summed E-state index contributed by atoms with van der Waals surface area (Å²) in [7, 11) is 1.53. The fraction of sp³-hybridized carbons (Fsp3) is 0.286. The number of rotatable bonds is 5. The molecule has 4 heteroatoms. The molecule has 0 aliphatic heterocycles. The van der Waals surface area contributed by atoms with E-state index in [1.807, 2.05) is 30.3 Å². The molecule has 0 aliphatic rings. The Hall–Kier alpha value is -1.62. The van der Waals surface area contributed by atoms with Gasteiger partial charge in [-0.25, -0.2) is 0 Å². The summed E-state index contributed by atoms with van der Waals surface area (Å²) in [5.74, 6) is 0.501. The first-order valence-electron chi connectivity index (χ1n) is 5.68. The molecule has 0 aromatic heterocycles. The van der Waals surface area contributed by atoms with Crippen LogP contribution in [0.3, 0.4) is 0 Å². The monoisotopic (exact) mass is 248 g/mol. The third kappa shape index (κ3) is 2.31. The largest absolute Gasteiger partial charge is 0.467 e. The number of aliphatic hydroxyl groups is 2. The van der Waals surface area contributed by atoms with Crippen LogP contribution in [0.15, 0.2) is 30.3 Å². The Bertz CT molecular complexity index is 537.